The molecule has 0 atom stereocenters. The van der Waals surface area contributed by atoms with Crippen molar-refractivity contribution in [1.82, 2.24) is 9.88 Å². The Morgan fingerprint density at radius 2 is 1.69 bits per heavy atom. The van der Waals surface area contributed by atoms with Gasteiger partial charge in [0.2, 0.25) is 0 Å². The number of para-hydroxylation sites is 1. The van der Waals surface area contributed by atoms with Crippen molar-refractivity contribution >= 4 is 22.6 Å². The van der Waals surface area contributed by atoms with Crippen LogP contribution in [0.5, 0.6) is 11.5 Å². The Morgan fingerprint density at radius 1 is 0.889 bits per heavy atom. The topological polar surface area (TPSA) is 78.7 Å². The van der Waals surface area contributed by atoms with Crippen LogP contribution in [0.3, 0.4) is 0 Å². The van der Waals surface area contributed by atoms with Gasteiger partial charge in [-0.1, -0.05) is 24.3 Å². The van der Waals surface area contributed by atoms with E-state index in [1.165, 1.54) is 0 Å². The molecule has 1 aliphatic heterocycles. The van der Waals surface area contributed by atoms with Crippen molar-refractivity contribution in [2.24, 2.45) is 0 Å². The fraction of sp³-hybridized carbons (Fsp3) is 0.207. The summed E-state index contributed by atoms with van der Waals surface area (Å²) >= 11 is 0. The summed E-state index contributed by atoms with van der Waals surface area (Å²) in [5, 5.41) is 10.2. The second-order valence-corrected chi connectivity index (χ2v) is 8.58. The number of piperazine rings is 1. The Hall–Kier alpha value is -4.57. The third kappa shape index (κ3) is 4.41. The van der Waals surface area contributed by atoms with E-state index in [0.717, 1.165) is 39.3 Å². The van der Waals surface area contributed by atoms with Crippen LogP contribution in [-0.4, -0.2) is 56.2 Å². The molecule has 0 unspecified atom stereocenters. The highest BCUT2D eigenvalue weighted by molar-refractivity contribution is 5.96. The quantitative estimate of drug-likeness (QED) is 0.412. The van der Waals surface area contributed by atoms with Crippen LogP contribution < -0.4 is 14.4 Å². The first kappa shape index (κ1) is 23.2. The SMILES string of the molecule is COc1ccc(-c2cccc3ccc(N4CCN(C(=O)c5cccc(C#N)c5)CC4)nc23)c(OC)c1. The monoisotopic (exact) mass is 478 g/mol. The number of pyridine rings is 1. The van der Waals surface area contributed by atoms with Crippen molar-refractivity contribution in [2.75, 3.05) is 45.3 Å². The van der Waals surface area contributed by atoms with Crippen molar-refractivity contribution in [3.8, 4) is 28.7 Å². The lowest BCUT2D eigenvalue weighted by molar-refractivity contribution is 0.0746. The molecule has 3 aromatic carbocycles. The lowest BCUT2D eigenvalue weighted by Crippen LogP contribution is -2.49. The maximum atomic E-state index is 13.0. The first-order valence-corrected chi connectivity index (χ1v) is 11.8. The van der Waals surface area contributed by atoms with Gasteiger partial charge in [0.15, 0.2) is 0 Å². The summed E-state index contributed by atoms with van der Waals surface area (Å²) in [6.45, 7) is 2.53. The Morgan fingerprint density at radius 3 is 2.44 bits per heavy atom. The van der Waals surface area contributed by atoms with Gasteiger partial charge < -0.3 is 19.3 Å². The van der Waals surface area contributed by atoms with Crippen LogP contribution in [0, 0.1) is 11.3 Å². The molecule has 180 valence electrons. The molecule has 5 rings (SSSR count). The van der Waals surface area contributed by atoms with Gasteiger partial charge in [0.05, 0.1) is 31.4 Å². The Kier molecular flexibility index (Phi) is 6.42. The number of nitrogens with zero attached hydrogens (tertiary/aromatic N) is 4. The molecule has 7 nitrogen and oxygen atoms in total. The first-order valence-electron chi connectivity index (χ1n) is 11.8. The minimum atomic E-state index is -0.0490. The zero-order valence-corrected chi connectivity index (χ0v) is 20.3. The van der Waals surface area contributed by atoms with Crippen molar-refractivity contribution in [3.63, 3.8) is 0 Å². The van der Waals surface area contributed by atoms with Gasteiger partial charge in [0, 0.05) is 54.3 Å². The highest BCUT2D eigenvalue weighted by atomic mass is 16.5. The fourth-order valence-electron chi connectivity index (χ4n) is 4.59. The number of nitriles is 1. The normalized spacial score (nSPS) is 13.4. The van der Waals surface area contributed by atoms with Gasteiger partial charge in [0.1, 0.15) is 17.3 Å². The summed E-state index contributed by atoms with van der Waals surface area (Å²) < 4.78 is 11.0. The molecule has 1 aliphatic rings. The number of hydrogen-bond donors (Lipinski definition) is 0. The van der Waals surface area contributed by atoms with Crippen LogP contribution in [0.4, 0.5) is 5.82 Å². The molecule has 1 saturated heterocycles. The average molecular weight is 479 g/mol. The van der Waals surface area contributed by atoms with Crippen LogP contribution in [0.25, 0.3) is 22.0 Å². The van der Waals surface area contributed by atoms with Crippen molar-refractivity contribution < 1.29 is 14.3 Å². The van der Waals surface area contributed by atoms with E-state index >= 15 is 0 Å². The minimum absolute atomic E-state index is 0.0490. The third-order valence-corrected chi connectivity index (χ3v) is 6.53. The number of fused-ring (bicyclic) bond motifs is 1. The van der Waals surface area contributed by atoms with Crippen LogP contribution in [-0.2, 0) is 0 Å². The van der Waals surface area contributed by atoms with E-state index in [1.54, 1.807) is 38.5 Å². The van der Waals surface area contributed by atoms with E-state index in [2.05, 4.69) is 29.2 Å². The number of carbonyl (C=O) groups excluding carboxylic acids is 1. The summed E-state index contributed by atoms with van der Waals surface area (Å²) in [5.74, 6) is 2.28. The summed E-state index contributed by atoms with van der Waals surface area (Å²) in [4.78, 5) is 22.0. The number of benzene rings is 3. The predicted octanol–water partition coefficient (Wildman–Crippen LogP) is 4.75. The van der Waals surface area contributed by atoms with Crippen LogP contribution >= 0.6 is 0 Å². The molecule has 0 N–H and O–H groups in total. The maximum Gasteiger partial charge on any atom is 0.254 e. The summed E-state index contributed by atoms with van der Waals surface area (Å²) in [6, 6.07) is 25.0. The molecule has 1 aromatic heterocycles. The summed E-state index contributed by atoms with van der Waals surface area (Å²) in [5.41, 5.74) is 3.86. The van der Waals surface area contributed by atoms with Gasteiger partial charge in [-0.2, -0.15) is 5.26 Å². The molecular formula is C29H26N4O3. The van der Waals surface area contributed by atoms with E-state index in [9.17, 15) is 4.79 Å². The molecule has 1 amide bonds. The van der Waals surface area contributed by atoms with E-state index in [1.807, 2.05) is 35.2 Å². The van der Waals surface area contributed by atoms with Gasteiger partial charge in [-0.15, -0.1) is 0 Å². The standard InChI is InChI=1S/C29H26N4O3/c1-35-23-10-11-24(26(18-23)36-2)25-8-4-6-21-9-12-27(31-28(21)25)32-13-15-33(16-14-32)29(34)22-7-3-5-20(17-22)19-30/h3-12,17-18H,13-16H2,1-2H3. The molecule has 7 heteroatoms. The number of aromatic nitrogens is 1. The molecule has 0 bridgehead atoms. The largest absolute Gasteiger partial charge is 0.497 e. The number of ether oxygens (including phenoxy) is 2. The van der Waals surface area contributed by atoms with Crippen LogP contribution in [0.15, 0.2) is 72.8 Å². The average Bonchev–Trinajstić information content (AvgIpc) is 2.96. The minimum Gasteiger partial charge on any atom is -0.497 e. The highest BCUT2D eigenvalue weighted by Crippen LogP contribution is 2.37. The van der Waals surface area contributed by atoms with Gasteiger partial charge in [-0.25, -0.2) is 4.98 Å². The predicted molar refractivity (Wildman–Crippen MR) is 140 cm³/mol. The molecule has 0 spiro atoms. The number of rotatable bonds is 5. The smallest absolute Gasteiger partial charge is 0.254 e. The summed E-state index contributed by atoms with van der Waals surface area (Å²) in [6.07, 6.45) is 0. The molecule has 36 heavy (non-hydrogen) atoms. The second kappa shape index (κ2) is 9.96. The molecule has 4 aromatic rings. The first-order chi connectivity index (χ1) is 17.6. The van der Waals surface area contributed by atoms with Gasteiger partial charge in [-0.3, -0.25) is 4.79 Å². The van der Waals surface area contributed by atoms with Crippen LogP contribution in [0.1, 0.15) is 15.9 Å². The van der Waals surface area contributed by atoms with Gasteiger partial charge >= 0.3 is 0 Å². The van der Waals surface area contributed by atoms with Crippen LogP contribution in [0.2, 0.25) is 0 Å². The molecule has 0 saturated carbocycles. The lowest BCUT2D eigenvalue weighted by atomic mass is 10.0. The van der Waals surface area contributed by atoms with E-state index in [4.69, 9.17) is 19.7 Å². The van der Waals surface area contributed by atoms with E-state index in [0.29, 0.717) is 37.3 Å². The lowest BCUT2D eigenvalue weighted by Gasteiger charge is -2.35. The zero-order valence-electron chi connectivity index (χ0n) is 20.3. The zero-order chi connectivity index (χ0) is 25.1. The number of hydrogen-bond acceptors (Lipinski definition) is 6. The number of amides is 1. The number of anilines is 1. The van der Waals surface area contributed by atoms with Gasteiger partial charge in [-0.05, 0) is 42.5 Å². The second-order valence-electron chi connectivity index (χ2n) is 8.58. The molecule has 2 heterocycles. The Labute approximate surface area is 210 Å². The third-order valence-electron chi connectivity index (χ3n) is 6.53. The van der Waals surface area contributed by atoms with Crippen molar-refractivity contribution in [1.29, 1.82) is 5.26 Å². The van der Waals surface area contributed by atoms with Crippen molar-refractivity contribution in [2.45, 2.75) is 0 Å². The molecule has 0 aliphatic carbocycles. The van der Waals surface area contributed by atoms with Gasteiger partial charge in [0.25, 0.3) is 5.91 Å². The Balaban J connectivity index is 1.39. The fourth-order valence-corrected chi connectivity index (χ4v) is 4.59. The molecule has 0 radical (unpaired) electrons. The van der Waals surface area contributed by atoms with E-state index in [-0.39, 0.29) is 5.91 Å². The molecule has 1 fully saturated rings. The highest BCUT2D eigenvalue weighted by Gasteiger charge is 2.23. The number of methoxy groups -OCH3 is 2. The number of carbonyl (C=O) groups is 1. The maximum absolute atomic E-state index is 13.0. The van der Waals surface area contributed by atoms with E-state index < -0.39 is 0 Å². The Bertz CT molecular complexity index is 1470. The van der Waals surface area contributed by atoms with Crippen molar-refractivity contribution in [3.05, 3.63) is 83.9 Å². The molecular weight excluding hydrogens is 452 g/mol. The summed E-state index contributed by atoms with van der Waals surface area (Å²) in [7, 11) is 3.29.